The zero-order valence-corrected chi connectivity index (χ0v) is 20.4. The van der Waals surface area contributed by atoms with Crippen molar-refractivity contribution >= 4 is 40.4 Å². The summed E-state index contributed by atoms with van der Waals surface area (Å²) in [6, 6.07) is 18.7. The molecule has 0 spiro atoms. The lowest BCUT2D eigenvalue weighted by Gasteiger charge is -2.35. The molecule has 1 aliphatic rings. The monoisotopic (exact) mass is 490 g/mol. The van der Waals surface area contributed by atoms with Crippen LogP contribution < -0.4 is 15.0 Å². The average Bonchev–Trinajstić information content (AvgIpc) is 3.56. The molecular weight excluding hydrogens is 468 g/mol. The first-order valence-electron chi connectivity index (χ1n) is 10.6. The molecule has 0 radical (unpaired) electrons. The summed E-state index contributed by atoms with van der Waals surface area (Å²) >= 11 is 3.21. The second kappa shape index (κ2) is 9.36. The molecule has 9 heteroatoms. The summed E-state index contributed by atoms with van der Waals surface area (Å²) in [6.45, 7) is 1.89. The van der Waals surface area contributed by atoms with Gasteiger partial charge in [-0.05, 0) is 54.5 Å². The first kappa shape index (κ1) is 22.2. The molecule has 7 nitrogen and oxygen atoms in total. The molecule has 2 amide bonds. The molecule has 1 unspecified atom stereocenters. The Bertz CT molecular complexity index is 1350. The fourth-order valence-corrected chi connectivity index (χ4v) is 5.02. The van der Waals surface area contributed by atoms with E-state index < -0.39 is 6.04 Å². The number of allylic oxidation sites excluding steroid dienone is 1. The number of amides is 2. The van der Waals surface area contributed by atoms with Crippen molar-refractivity contribution in [2.45, 2.75) is 17.9 Å². The van der Waals surface area contributed by atoms with Crippen LogP contribution in [0.25, 0.3) is 16.3 Å². The van der Waals surface area contributed by atoms with Crippen LogP contribution in [0.5, 0.6) is 5.75 Å². The van der Waals surface area contributed by atoms with Crippen LogP contribution >= 0.6 is 23.1 Å². The van der Waals surface area contributed by atoms with E-state index in [2.05, 4.69) is 10.5 Å². The fourth-order valence-electron chi connectivity index (χ4n) is 3.97. The number of anilines is 1. The molecule has 4 aromatic rings. The van der Waals surface area contributed by atoms with Crippen LogP contribution in [0.4, 0.5) is 10.5 Å². The van der Waals surface area contributed by atoms with E-state index in [-0.39, 0.29) is 6.03 Å². The highest BCUT2D eigenvalue weighted by molar-refractivity contribution is 7.98. The van der Waals surface area contributed by atoms with Gasteiger partial charge in [-0.15, -0.1) is 23.1 Å². The van der Waals surface area contributed by atoms with Crippen molar-refractivity contribution in [3.05, 3.63) is 83.2 Å². The zero-order valence-electron chi connectivity index (χ0n) is 18.8. The zero-order chi connectivity index (χ0) is 23.7. The van der Waals surface area contributed by atoms with Crippen molar-refractivity contribution in [1.29, 1.82) is 0 Å². The number of carbonyl (C=O) groups excluding carboxylic acids is 1. The van der Waals surface area contributed by atoms with E-state index in [1.54, 1.807) is 35.1 Å². The number of thiophene rings is 1. The number of carbonyl (C=O) groups is 1. The Morgan fingerprint density at radius 3 is 2.68 bits per heavy atom. The number of nitrogens with one attached hydrogen (secondary N) is 1. The average molecular weight is 491 g/mol. The van der Waals surface area contributed by atoms with Gasteiger partial charge in [-0.3, -0.25) is 4.90 Å². The number of urea groups is 1. The molecule has 0 saturated heterocycles. The quantitative estimate of drug-likeness (QED) is 0.323. The van der Waals surface area contributed by atoms with Gasteiger partial charge >= 0.3 is 6.03 Å². The van der Waals surface area contributed by atoms with Gasteiger partial charge < -0.3 is 14.6 Å². The maximum atomic E-state index is 13.4. The van der Waals surface area contributed by atoms with Gasteiger partial charge in [-0.25, -0.2) is 4.79 Å². The van der Waals surface area contributed by atoms with Crippen LogP contribution in [-0.4, -0.2) is 29.5 Å². The summed E-state index contributed by atoms with van der Waals surface area (Å²) < 4.78 is 11.1. The summed E-state index contributed by atoms with van der Waals surface area (Å²) in [7, 11) is 1.60. The van der Waals surface area contributed by atoms with Gasteiger partial charge in [0.05, 0.1) is 29.3 Å². The Morgan fingerprint density at radius 2 is 1.97 bits per heavy atom. The van der Waals surface area contributed by atoms with Crippen LogP contribution in [0.3, 0.4) is 0 Å². The van der Waals surface area contributed by atoms with E-state index in [0.717, 1.165) is 20.9 Å². The van der Waals surface area contributed by atoms with Gasteiger partial charge in [0.1, 0.15) is 5.75 Å². The molecule has 0 saturated carbocycles. The Balaban J connectivity index is 1.65. The standard InChI is InChI=1S/C25H22N4O3S2/c1-15-21(24-27-23(28-32-24)20-8-5-13-34-20)22(16-9-11-19(33-3)12-10-16)26-25(30)29(15)17-6-4-7-18(14-17)31-2/h4-14,22H,1-3H3,(H,26,30). The number of hydrogen-bond acceptors (Lipinski definition) is 7. The lowest BCUT2D eigenvalue weighted by molar-refractivity contribution is 0.244. The third kappa shape index (κ3) is 4.08. The molecule has 5 rings (SSSR count). The van der Waals surface area contributed by atoms with Crippen molar-refractivity contribution in [1.82, 2.24) is 15.5 Å². The van der Waals surface area contributed by atoms with E-state index in [1.165, 1.54) is 0 Å². The number of nitrogens with zero attached hydrogens (tertiary/aromatic N) is 3. The molecule has 2 aromatic carbocycles. The summed E-state index contributed by atoms with van der Waals surface area (Å²) in [6.07, 6.45) is 2.03. The van der Waals surface area contributed by atoms with Crippen LogP contribution in [0.2, 0.25) is 0 Å². The highest BCUT2D eigenvalue weighted by atomic mass is 32.2. The normalized spacial score (nSPS) is 16.0. The van der Waals surface area contributed by atoms with Crippen molar-refractivity contribution in [2.75, 3.05) is 18.3 Å². The Hall–Kier alpha value is -3.56. The minimum atomic E-state index is -0.443. The number of hydrogen-bond donors (Lipinski definition) is 1. The Labute approximate surface area is 205 Å². The lowest BCUT2D eigenvalue weighted by atomic mass is 9.94. The topological polar surface area (TPSA) is 80.5 Å². The Kier molecular flexibility index (Phi) is 6.12. The predicted octanol–water partition coefficient (Wildman–Crippen LogP) is 6.23. The van der Waals surface area contributed by atoms with Gasteiger partial charge in [0.2, 0.25) is 5.82 Å². The van der Waals surface area contributed by atoms with Crippen molar-refractivity contribution < 1.29 is 14.1 Å². The molecule has 1 aliphatic heterocycles. The molecule has 1 N–H and O–H groups in total. The van der Waals surface area contributed by atoms with E-state index >= 15 is 0 Å². The third-order valence-corrected chi connectivity index (χ3v) is 7.25. The van der Waals surface area contributed by atoms with Crippen molar-refractivity contribution in [3.8, 4) is 16.5 Å². The van der Waals surface area contributed by atoms with Gasteiger partial charge in [-0.2, -0.15) is 4.98 Å². The highest BCUT2D eigenvalue weighted by Gasteiger charge is 2.36. The number of aromatic nitrogens is 2. The second-order valence-electron chi connectivity index (χ2n) is 7.59. The molecule has 3 heterocycles. The van der Waals surface area contributed by atoms with E-state index in [0.29, 0.717) is 28.8 Å². The molecule has 2 aromatic heterocycles. The van der Waals surface area contributed by atoms with E-state index in [1.807, 2.05) is 79.2 Å². The van der Waals surface area contributed by atoms with Crippen LogP contribution in [0.15, 0.2) is 81.2 Å². The van der Waals surface area contributed by atoms with Gasteiger partial charge in [0.15, 0.2) is 0 Å². The van der Waals surface area contributed by atoms with E-state index in [9.17, 15) is 4.79 Å². The van der Waals surface area contributed by atoms with Crippen LogP contribution in [0, 0.1) is 0 Å². The number of thioether (sulfide) groups is 1. The summed E-state index contributed by atoms with van der Waals surface area (Å²) in [4.78, 5) is 21.7. The van der Waals surface area contributed by atoms with Gasteiger partial charge in [0, 0.05) is 16.7 Å². The maximum Gasteiger partial charge on any atom is 0.327 e. The molecular formula is C25H22N4O3S2. The third-order valence-electron chi connectivity index (χ3n) is 5.64. The minimum absolute atomic E-state index is 0.244. The molecule has 0 bridgehead atoms. The number of benzene rings is 2. The predicted molar refractivity (Wildman–Crippen MR) is 135 cm³/mol. The highest BCUT2D eigenvalue weighted by Crippen LogP contribution is 2.40. The first-order chi connectivity index (χ1) is 16.6. The molecule has 172 valence electrons. The molecule has 1 atom stereocenters. The lowest BCUT2D eigenvalue weighted by Crippen LogP contribution is -2.46. The fraction of sp³-hybridized carbons (Fsp3) is 0.160. The number of rotatable bonds is 6. The SMILES string of the molecule is COc1cccc(N2C(=O)NC(c3ccc(SC)cc3)C(c3nc(-c4cccs4)no3)=C2C)c1. The maximum absolute atomic E-state index is 13.4. The van der Waals surface area contributed by atoms with Gasteiger partial charge in [0.25, 0.3) is 5.89 Å². The molecule has 0 aliphatic carbocycles. The largest absolute Gasteiger partial charge is 0.497 e. The van der Waals surface area contributed by atoms with Gasteiger partial charge in [-0.1, -0.05) is 29.4 Å². The molecule has 0 fully saturated rings. The van der Waals surface area contributed by atoms with Crippen LogP contribution in [0.1, 0.15) is 24.4 Å². The second-order valence-corrected chi connectivity index (χ2v) is 9.42. The van der Waals surface area contributed by atoms with Crippen molar-refractivity contribution in [2.24, 2.45) is 0 Å². The van der Waals surface area contributed by atoms with Crippen molar-refractivity contribution in [3.63, 3.8) is 0 Å². The number of ether oxygens (including phenoxy) is 1. The smallest absolute Gasteiger partial charge is 0.327 e. The minimum Gasteiger partial charge on any atom is -0.497 e. The summed E-state index contributed by atoms with van der Waals surface area (Å²) in [5, 5.41) is 9.31. The summed E-state index contributed by atoms with van der Waals surface area (Å²) in [5.74, 6) is 1.55. The number of methoxy groups -OCH3 is 1. The Morgan fingerprint density at radius 1 is 1.15 bits per heavy atom. The van der Waals surface area contributed by atoms with E-state index in [4.69, 9.17) is 14.2 Å². The van der Waals surface area contributed by atoms with Crippen LogP contribution in [-0.2, 0) is 0 Å². The first-order valence-corrected chi connectivity index (χ1v) is 12.7. The molecule has 34 heavy (non-hydrogen) atoms. The summed E-state index contributed by atoms with van der Waals surface area (Å²) in [5.41, 5.74) is 3.06.